The third-order valence-corrected chi connectivity index (χ3v) is 7.04. The fraction of sp³-hybridized carbons (Fsp3) is 0.281. The molecule has 1 aliphatic heterocycles. The summed E-state index contributed by atoms with van der Waals surface area (Å²) in [5.74, 6) is 1.21. The molecule has 0 bridgehead atoms. The van der Waals surface area contributed by atoms with Crippen molar-refractivity contribution < 1.29 is 9.53 Å². The second-order valence-corrected chi connectivity index (χ2v) is 9.88. The fourth-order valence-electron chi connectivity index (χ4n) is 4.93. The Bertz CT molecular complexity index is 1390. The molecule has 0 unspecified atom stereocenters. The van der Waals surface area contributed by atoms with Gasteiger partial charge in [-0.1, -0.05) is 35.9 Å². The van der Waals surface area contributed by atoms with Gasteiger partial charge in [-0.3, -0.25) is 4.79 Å². The number of anilines is 1. The van der Waals surface area contributed by atoms with Gasteiger partial charge >= 0.3 is 0 Å². The van der Waals surface area contributed by atoms with Gasteiger partial charge in [-0.15, -0.1) is 0 Å². The number of hydrogen-bond acceptors (Lipinski definition) is 5. The lowest BCUT2D eigenvalue weighted by Crippen LogP contribution is -2.21. The van der Waals surface area contributed by atoms with Crippen molar-refractivity contribution in [3.05, 3.63) is 107 Å². The van der Waals surface area contributed by atoms with Crippen LogP contribution in [0, 0.1) is 6.92 Å². The predicted octanol–water partition coefficient (Wildman–Crippen LogP) is 5.94. The molecule has 194 valence electrons. The summed E-state index contributed by atoms with van der Waals surface area (Å²) in [5, 5.41) is 3.03. The molecule has 1 aliphatic rings. The standard InChI is InChI=1S/C32H34N4O2/c1-23-6-5-7-25(20-23)29-14-16-33-31(35-29)22-27-21-26(10-13-30(27)38-2)32(37)34-28-11-8-24(9-12-28)15-19-36-17-3-4-18-36/h5-14,16,20-21H,3-4,15,17-19,22H2,1-2H3,(H,34,37). The van der Waals surface area contributed by atoms with E-state index in [9.17, 15) is 4.79 Å². The number of benzene rings is 3. The number of aryl methyl sites for hydroxylation is 1. The molecule has 38 heavy (non-hydrogen) atoms. The molecule has 3 aromatic carbocycles. The monoisotopic (exact) mass is 506 g/mol. The molecule has 2 heterocycles. The minimum absolute atomic E-state index is 0.159. The van der Waals surface area contributed by atoms with E-state index in [1.807, 2.05) is 42.5 Å². The number of ether oxygens (including phenoxy) is 1. The minimum Gasteiger partial charge on any atom is -0.496 e. The Balaban J connectivity index is 1.27. The summed E-state index contributed by atoms with van der Waals surface area (Å²) >= 11 is 0. The molecule has 0 radical (unpaired) electrons. The van der Waals surface area contributed by atoms with Crippen LogP contribution in [0.1, 0.15) is 45.7 Å². The summed E-state index contributed by atoms with van der Waals surface area (Å²) in [6.45, 7) is 5.58. The van der Waals surface area contributed by atoms with Gasteiger partial charge < -0.3 is 15.0 Å². The molecule has 1 N–H and O–H groups in total. The zero-order valence-corrected chi connectivity index (χ0v) is 22.1. The van der Waals surface area contributed by atoms with Crippen LogP contribution in [-0.4, -0.2) is 47.5 Å². The smallest absolute Gasteiger partial charge is 0.255 e. The van der Waals surface area contributed by atoms with E-state index in [0.29, 0.717) is 23.6 Å². The van der Waals surface area contributed by atoms with E-state index in [-0.39, 0.29) is 5.91 Å². The van der Waals surface area contributed by atoms with Crippen molar-refractivity contribution in [1.29, 1.82) is 0 Å². The third-order valence-electron chi connectivity index (χ3n) is 7.04. The number of likely N-dealkylation sites (tertiary alicyclic amines) is 1. The lowest BCUT2D eigenvalue weighted by molar-refractivity contribution is 0.102. The molecule has 0 aliphatic carbocycles. The number of nitrogens with zero attached hydrogens (tertiary/aromatic N) is 3. The Labute approximate surface area is 224 Å². The van der Waals surface area contributed by atoms with Gasteiger partial charge in [0, 0.05) is 41.5 Å². The highest BCUT2D eigenvalue weighted by atomic mass is 16.5. The summed E-state index contributed by atoms with van der Waals surface area (Å²) in [6, 6.07) is 23.8. The van der Waals surface area contributed by atoms with Crippen molar-refractivity contribution >= 4 is 11.6 Å². The quantitative estimate of drug-likeness (QED) is 0.304. The number of amides is 1. The van der Waals surface area contributed by atoms with E-state index in [0.717, 1.165) is 35.5 Å². The summed E-state index contributed by atoms with van der Waals surface area (Å²) in [4.78, 5) is 24.9. The number of carbonyl (C=O) groups excluding carboxylic acids is 1. The maximum absolute atomic E-state index is 13.1. The second-order valence-electron chi connectivity index (χ2n) is 9.88. The summed E-state index contributed by atoms with van der Waals surface area (Å²) in [5.41, 5.74) is 6.60. The van der Waals surface area contributed by atoms with Crippen molar-refractivity contribution in [2.75, 3.05) is 32.1 Å². The summed E-state index contributed by atoms with van der Waals surface area (Å²) in [6.07, 6.45) is 5.88. The first kappa shape index (κ1) is 25.6. The first-order valence-electron chi connectivity index (χ1n) is 13.3. The van der Waals surface area contributed by atoms with Crippen LogP contribution in [0.2, 0.25) is 0 Å². The average molecular weight is 507 g/mol. The molecular formula is C32H34N4O2. The van der Waals surface area contributed by atoms with Crippen molar-refractivity contribution in [2.45, 2.75) is 32.6 Å². The van der Waals surface area contributed by atoms with Gasteiger partial charge in [-0.05, 0) is 87.3 Å². The molecule has 5 rings (SSSR count). The average Bonchev–Trinajstić information content (AvgIpc) is 3.47. The van der Waals surface area contributed by atoms with Gasteiger partial charge in [0.1, 0.15) is 11.6 Å². The first-order valence-corrected chi connectivity index (χ1v) is 13.3. The lowest BCUT2D eigenvalue weighted by Gasteiger charge is -2.14. The van der Waals surface area contributed by atoms with E-state index in [1.165, 1.54) is 37.1 Å². The zero-order valence-electron chi connectivity index (χ0n) is 22.1. The van der Waals surface area contributed by atoms with Crippen molar-refractivity contribution in [3.63, 3.8) is 0 Å². The largest absolute Gasteiger partial charge is 0.496 e. The minimum atomic E-state index is -0.159. The number of methoxy groups -OCH3 is 1. The topological polar surface area (TPSA) is 67.3 Å². The summed E-state index contributed by atoms with van der Waals surface area (Å²) in [7, 11) is 1.63. The number of hydrogen-bond donors (Lipinski definition) is 1. The molecule has 6 heteroatoms. The Hall–Kier alpha value is -4.03. The van der Waals surface area contributed by atoms with Crippen LogP contribution in [0.25, 0.3) is 11.3 Å². The van der Waals surface area contributed by atoms with Crippen LogP contribution in [0.4, 0.5) is 5.69 Å². The van der Waals surface area contributed by atoms with E-state index in [1.54, 1.807) is 19.4 Å². The molecular weight excluding hydrogens is 472 g/mol. The maximum Gasteiger partial charge on any atom is 0.255 e. The molecule has 6 nitrogen and oxygen atoms in total. The van der Waals surface area contributed by atoms with Crippen molar-refractivity contribution in [3.8, 4) is 17.0 Å². The summed E-state index contributed by atoms with van der Waals surface area (Å²) < 4.78 is 5.58. The highest BCUT2D eigenvalue weighted by Crippen LogP contribution is 2.24. The SMILES string of the molecule is COc1ccc(C(=O)Nc2ccc(CCN3CCCC3)cc2)cc1Cc1nccc(-c2cccc(C)c2)n1. The molecule has 1 aromatic heterocycles. The van der Waals surface area contributed by atoms with Gasteiger partial charge in [0.15, 0.2) is 0 Å². The van der Waals surface area contributed by atoms with E-state index >= 15 is 0 Å². The number of aromatic nitrogens is 2. The van der Waals surface area contributed by atoms with Crippen LogP contribution in [0.5, 0.6) is 5.75 Å². The molecule has 0 saturated carbocycles. The number of carbonyl (C=O) groups is 1. The molecule has 4 aromatic rings. The van der Waals surface area contributed by atoms with Crippen molar-refractivity contribution in [1.82, 2.24) is 14.9 Å². The van der Waals surface area contributed by atoms with Gasteiger partial charge in [-0.2, -0.15) is 0 Å². The van der Waals surface area contributed by atoms with E-state index in [2.05, 4.69) is 46.4 Å². The molecule has 0 atom stereocenters. The van der Waals surface area contributed by atoms with Crippen molar-refractivity contribution in [2.24, 2.45) is 0 Å². The normalized spacial score (nSPS) is 13.4. The number of rotatable bonds is 9. The van der Waals surface area contributed by atoms with Crippen LogP contribution in [0.15, 0.2) is 79.0 Å². The van der Waals surface area contributed by atoms with Gasteiger partial charge in [0.25, 0.3) is 5.91 Å². The predicted molar refractivity (Wildman–Crippen MR) is 152 cm³/mol. The van der Waals surface area contributed by atoms with Gasteiger partial charge in [0.2, 0.25) is 0 Å². The Morgan fingerprint density at radius 1 is 1.00 bits per heavy atom. The maximum atomic E-state index is 13.1. The van der Waals surface area contributed by atoms with E-state index < -0.39 is 0 Å². The fourth-order valence-corrected chi connectivity index (χ4v) is 4.93. The number of nitrogens with one attached hydrogen (secondary N) is 1. The lowest BCUT2D eigenvalue weighted by atomic mass is 10.0. The van der Waals surface area contributed by atoms with Crippen LogP contribution in [-0.2, 0) is 12.8 Å². The van der Waals surface area contributed by atoms with E-state index in [4.69, 9.17) is 9.72 Å². The van der Waals surface area contributed by atoms with Gasteiger partial charge in [-0.25, -0.2) is 9.97 Å². The van der Waals surface area contributed by atoms with Gasteiger partial charge in [0.05, 0.1) is 12.8 Å². The first-order chi connectivity index (χ1) is 18.6. The van der Waals surface area contributed by atoms with Crippen LogP contribution in [0.3, 0.4) is 0 Å². The van der Waals surface area contributed by atoms with Crippen LogP contribution < -0.4 is 10.1 Å². The Morgan fingerprint density at radius 2 is 1.82 bits per heavy atom. The molecule has 1 fully saturated rings. The van der Waals surface area contributed by atoms with Crippen LogP contribution >= 0.6 is 0 Å². The third kappa shape index (κ3) is 6.45. The molecule has 0 spiro atoms. The highest BCUT2D eigenvalue weighted by molar-refractivity contribution is 6.04. The Morgan fingerprint density at radius 3 is 2.58 bits per heavy atom. The second kappa shape index (κ2) is 12.0. The molecule has 1 saturated heterocycles. The highest BCUT2D eigenvalue weighted by Gasteiger charge is 2.14. The molecule has 1 amide bonds. The zero-order chi connectivity index (χ0) is 26.3. The Kier molecular flexibility index (Phi) is 8.09.